The largest absolute Gasteiger partial charge is 0.340 e. The number of hydrogen-bond acceptors (Lipinski definition) is 3. The van der Waals surface area contributed by atoms with E-state index in [4.69, 9.17) is 11.6 Å². The Hall–Kier alpha value is -1.22. The Morgan fingerprint density at radius 3 is 3.08 bits per heavy atom. The van der Waals surface area contributed by atoms with Crippen LogP contribution in [0.4, 0.5) is 11.4 Å². The number of halogens is 1. The van der Waals surface area contributed by atoms with Gasteiger partial charge >= 0.3 is 0 Å². The molecule has 4 heteroatoms. The van der Waals surface area contributed by atoms with Crippen LogP contribution in [0.15, 0.2) is 24.7 Å². The van der Waals surface area contributed by atoms with Crippen LogP contribution in [0.5, 0.6) is 0 Å². The molecule has 1 N–H and O–H groups in total. The second-order valence-corrected chi connectivity index (χ2v) is 2.99. The summed E-state index contributed by atoms with van der Waals surface area (Å²) in [7, 11) is 1.90. The molecule has 0 fully saturated rings. The second-order valence-electron chi connectivity index (χ2n) is 2.63. The average molecular weight is 182 g/mol. The molecule has 0 radical (unpaired) electrons. The van der Waals surface area contributed by atoms with E-state index in [1.54, 1.807) is 6.20 Å². The second kappa shape index (κ2) is 2.38. The number of pyridine rings is 1. The zero-order valence-electron chi connectivity index (χ0n) is 6.63. The van der Waals surface area contributed by atoms with Crippen LogP contribution in [-0.2, 0) is 0 Å². The molecule has 1 aliphatic heterocycles. The topological polar surface area (TPSA) is 28.2 Å². The molecule has 12 heavy (non-hydrogen) atoms. The van der Waals surface area contributed by atoms with E-state index in [0.29, 0.717) is 5.15 Å². The van der Waals surface area contributed by atoms with E-state index in [9.17, 15) is 0 Å². The predicted molar refractivity (Wildman–Crippen MR) is 50.4 cm³/mol. The molecule has 0 saturated carbocycles. The fourth-order valence-corrected chi connectivity index (χ4v) is 1.51. The summed E-state index contributed by atoms with van der Waals surface area (Å²) >= 11 is 5.90. The maximum atomic E-state index is 5.90. The van der Waals surface area contributed by atoms with Gasteiger partial charge in [-0.3, -0.25) is 0 Å². The zero-order chi connectivity index (χ0) is 8.72. The van der Waals surface area contributed by atoms with Crippen molar-refractivity contribution in [1.82, 2.24) is 4.98 Å². The lowest BCUT2D eigenvalue weighted by Crippen LogP contribution is -2.12. The van der Waals surface area contributed by atoms with E-state index in [1.807, 2.05) is 18.0 Å². The summed E-state index contributed by atoms with van der Waals surface area (Å²) in [6.45, 7) is 3.82. The van der Waals surface area contributed by atoms with Crippen molar-refractivity contribution in [2.75, 3.05) is 17.3 Å². The number of aromatic nitrogens is 1. The van der Waals surface area contributed by atoms with Crippen LogP contribution in [-0.4, -0.2) is 12.0 Å². The maximum Gasteiger partial charge on any atom is 0.154 e. The van der Waals surface area contributed by atoms with E-state index in [1.165, 1.54) is 0 Å². The molecule has 0 saturated heterocycles. The van der Waals surface area contributed by atoms with E-state index >= 15 is 0 Å². The van der Waals surface area contributed by atoms with Gasteiger partial charge in [0, 0.05) is 13.2 Å². The molecule has 0 aromatic carbocycles. The molecule has 2 heterocycles. The van der Waals surface area contributed by atoms with E-state index in [-0.39, 0.29) is 0 Å². The number of hydrogen-bond donors (Lipinski definition) is 1. The molecule has 1 aromatic heterocycles. The standard InChI is InChI=1S/C8H8ClN3/c1-5-11-6-3-4-10-8(9)7(6)12(5)2/h3-4,11H,1H2,2H3. The highest BCUT2D eigenvalue weighted by atomic mass is 35.5. The monoisotopic (exact) mass is 181 g/mol. The Balaban J connectivity index is 2.62. The first-order valence-corrected chi connectivity index (χ1v) is 3.92. The van der Waals surface area contributed by atoms with Crippen molar-refractivity contribution in [2.24, 2.45) is 0 Å². The molecule has 62 valence electrons. The van der Waals surface area contributed by atoms with Gasteiger partial charge < -0.3 is 10.2 Å². The summed E-state index contributed by atoms with van der Waals surface area (Å²) in [5.74, 6) is 0.819. The Morgan fingerprint density at radius 1 is 1.67 bits per heavy atom. The van der Waals surface area contributed by atoms with Crippen LogP contribution in [0, 0.1) is 0 Å². The normalized spacial score (nSPS) is 14.5. The average Bonchev–Trinajstić information content (AvgIpc) is 2.29. The molecule has 0 bridgehead atoms. The molecular formula is C8H8ClN3. The number of nitrogens with one attached hydrogen (secondary N) is 1. The van der Waals surface area contributed by atoms with Gasteiger partial charge in [0.2, 0.25) is 0 Å². The Bertz CT molecular complexity index is 348. The minimum absolute atomic E-state index is 0.501. The molecule has 3 nitrogen and oxygen atoms in total. The summed E-state index contributed by atoms with van der Waals surface area (Å²) < 4.78 is 0. The number of fused-ring (bicyclic) bond motifs is 1. The molecule has 0 atom stereocenters. The van der Waals surface area contributed by atoms with Crippen LogP contribution in [0.2, 0.25) is 5.15 Å². The number of nitrogens with zero attached hydrogens (tertiary/aromatic N) is 2. The summed E-state index contributed by atoms with van der Waals surface area (Å²) in [5.41, 5.74) is 1.85. The van der Waals surface area contributed by atoms with E-state index in [2.05, 4.69) is 16.9 Å². The summed E-state index contributed by atoms with van der Waals surface area (Å²) in [6.07, 6.45) is 1.67. The van der Waals surface area contributed by atoms with Crippen LogP contribution in [0.25, 0.3) is 0 Å². The van der Waals surface area contributed by atoms with Crippen molar-refractivity contribution >= 4 is 23.0 Å². The molecule has 2 rings (SSSR count). The smallest absolute Gasteiger partial charge is 0.154 e. The molecular weight excluding hydrogens is 174 g/mol. The van der Waals surface area contributed by atoms with Gasteiger partial charge in [-0.05, 0) is 6.07 Å². The van der Waals surface area contributed by atoms with E-state index < -0.39 is 0 Å². The Labute approximate surface area is 75.7 Å². The van der Waals surface area contributed by atoms with Crippen LogP contribution in [0.3, 0.4) is 0 Å². The van der Waals surface area contributed by atoms with Gasteiger partial charge in [-0.2, -0.15) is 0 Å². The Kier molecular flexibility index (Phi) is 1.48. The van der Waals surface area contributed by atoms with Gasteiger partial charge in [-0.1, -0.05) is 18.2 Å². The highest BCUT2D eigenvalue weighted by molar-refractivity contribution is 6.33. The Morgan fingerprint density at radius 2 is 2.42 bits per heavy atom. The third-order valence-electron chi connectivity index (χ3n) is 1.90. The highest BCUT2D eigenvalue weighted by Gasteiger charge is 2.21. The fourth-order valence-electron chi connectivity index (χ4n) is 1.22. The van der Waals surface area contributed by atoms with Gasteiger partial charge in [0.25, 0.3) is 0 Å². The van der Waals surface area contributed by atoms with Crippen LogP contribution < -0.4 is 10.2 Å². The highest BCUT2D eigenvalue weighted by Crippen LogP contribution is 2.38. The SMILES string of the molecule is C=C1Nc2ccnc(Cl)c2N1C. The van der Waals surface area contributed by atoms with Crippen molar-refractivity contribution in [3.05, 3.63) is 29.8 Å². The quantitative estimate of drug-likeness (QED) is 0.621. The summed E-state index contributed by atoms with van der Waals surface area (Å²) in [4.78, 5) is 5.86. The number of anilines is 2. The first-order valence-electron chi connectivity index (χ1n) is 3.54. The molecule has 1 aromatic rings. The molecule has 0 amide bonds. The van der Waals surface area contributed by atoms with Crippen molar-refractivity contribution in [1.29, 1.82) is 0 Å². The fraction of sp³-hybridized carbons (Fsp3) is 0.125. The zero-order valence-corrected chi connectivity index (χ0v) is 7.39. The third kappa shape index (κ3) is 0.865. The summed E-state index contributed by atoms with van der Waals surface area (Å²) in [5, 5.41) is 3.60. The van der Waals surface area contributed by atoms with Gasteiger partial charge in [0.05, 0.1) is 5.69 Å². The molecule has 0 unspecified atom stereocenters. The first kappa shape index (κ1) is 7.43. The summed E-state index contributed by atoms with van der Waals surface area (Å²) in [6, 6.07) is 1.87. The van der Waals surface area contributed by atoms with Crippen LogP contribution >= 0.6 is 11.6 Å². The molecule has 0 aliphatic carbocycles. The van der Waals surface area contributed by atoms with Crippen LogP contribution in [0.1, 0.15) is 0 Å². The van der Waals surface area contributed by atoms with Gasteiger partial charge in [-0.25, -0.2) is 4.98 Å². The van der Waals surface area contributed by atoms with Gasteiger partial charge in [0.1, 0.15) is 11.5 Å². The first-order chi connectivity index (χ1) is 5.70. The number of rotatable bonds is 0. The van der Waals surface area contributed by atoms with Gasteiger partial charge in [0.15, 0.2) is 5.15 Å². The molecule has 1 aliphatic rings. The van der Waals surface area contributed by atoms with Crippen molar-refractivity contribution in [3.63, 3.8) is 0 Å². The lowest BCUT2D eigenvalue weighted by Gasteiger charge is -2.11. The third-order valence-corrected chi connectivity index (χ3v) is 2.18. The minimum atomic E-state index is 0.501. The van der Waals surface area contributed by atoms with Crippen molar-refractivity contribution < 1.29 is 0 Å². The minimum Gasteiger partial charge on any atom is -0.340 e. The predicted octanol–water partition coefficient (Wildman–Crippen LogP) is 2.07. The maximum absolute atomic E-state index is 5.90. The lowest BCUT2D eigenvalue weighted by atomic mass is 10.3. The van der Waals surface area contributed by atoms with Gasteiger partial charge in [-0.15, -0.1) is 0 Å². The van der Waals surface area contributed by atoms with E-state index in [0.717, 1.165) is 17.2 Å². The molecule has 0 spiro atoms. The lowest BCUT2D eigenvalue weighted by molar-refractivity contribution is 1.15. The van der Waals surface area contributed by atoms with Crippen molar-refractivity contribution in [3.8, 4) is 0 Å². The van der Waals surface area contributed by atoms with Crippen molar-refractivity contribution in [2.45, 2.75) is 0 Å².